The Hall–Kier alpha value is -2.26. The standard InChI is InChI=1S/C18H18ClN3/c1-14(16-6-3-7-17(19)12-16)21-18-8-2-5-15(11-18)13-22-10-4-9-20-22/h2-12,14,21H,13H2,1H3. The van der Waals surface area contributed by atoms with Gasteiger partial charge in [0.1, 0.15) is 0 Å². The van der Waals surface area contributed by atoms with Crippen molar-refractivity contribution in [3.8, 4) is 0 Å². The highest BCUT2D eigenvalue weighted by atomic mass is 35.5. The van der Waals surface area contributed by atoms with Gasteiger partial charge in [0.05, 0.1) is 6.54 Å². The lowest BCUT2D eigenvalue weighted by Gasteiger charge is -2.16. The minimum atomic E-state index is 0.193. The fourth-order valence-corrected chi connectivity index (χ4v) is 2.65. The molecule has 0 aliphatic heterocycles. The first-order chi connectivity index (χ1) is 10.7. The number of hydrogen-bond donors (Lipinski definition) is 1. The van der Waals surface area contributed by atoms with Crippen molar-refractivity contribution in [2.24, 2.45) is 0 Å². The maximum atomic E-state index is 6.06. The summed E-state index contributed by atoms with van der Waals surface area (Å²) in [7, 11) is 0. The molecule has 0 spiro atoms. The molecule has 3 nitrogen and oxygen atoms in total. The van der Waals surface area contributed by atoms with Crippen LogP contribution in [0, 0.1) is 0 Å². The summed E-state index contributed by atoms with van der Waals surface area (Å²) in [6.45, 7) is 2.90. The molecule has 3 rings (SSSR count). The summed E-state index contributed by atoms with van der Waals surface area (Å²) in [6, 6.07) is 18.5. The highest BCUT2D eigenvalue weighted by Crippen LogP contribution is 2.22. The zero-order valence-corrected chi connectivity index (χ0v) is 13.2. The second-order valence-corrected chi connectivity index (χ2v) is 5.76. The van der Waals surface area contributed by atoms with Gasteiger partial charge in [-0.15, -0.1) is 0 Å². The molecule has 1 heterocycles. The molecule has 22 heavy (non-hydrogen) atoms. The van der Waals surface area contributed by atoms with Gasteiger partial charge in [0, 0.05) is 29.1 Å². The first-order valence-corrected chi connectivity index (χ1v) is 7.67. The maximum absolute atomic E-state index is 6.06. The van der Waals surface area contributed by atoms with Crippen molar-refractivity contribution in [2.45, 2.75) is 19.5 Å². The third kappa shape index (κ3) is 3.68. The molecular formula is C18H18ClN3. The van der Waals surface area contributed by atoms with E-state index in [0.29, 0.717) is 0 Å². The second kappa shape index (κ2) is 6.67. The van der Waals surface area contributed by atoms with Gasteiger partial charge in [-0.3, -0.25) is 4.68 Å². The summed E-state index contributed by atoms with van der Waals surface area (Å²) in [5.74, 6) is 0. The highest BCUT2D eigenvalue weighted by Gasteiger charge is 2.06. The largest absolute Gasteiger partial charge is 0.379 e. The molecule has 1 unspecified atom stereocenters. The van der Waals surface area contributed by atoms with Gasteiger partial charge in [0.15, 0.2) is 0 Å². The Labute approximate surface area is 135 Å². The van der Waals surface area contributed by atoms with Crippen molar-refractivity contribution < 1.29 is 0 Å². The normalized spacial score (nSPS) is 12.1. The number of nitrogens with zero attached hydrogens (tertiary/aromatic N) is 2. The monoisotopic (exact) mass is 311 g/mol. The first-order valence-electron chi connectivity index (χ1n) is 7.29. The average molecular weight is 312 g/mol. The summed E-state index contributed by atoms with van der Waals surface area (Å²) in [5.41, 5.74) is 3.48. The third-order valence-electron chi connectivity index (χ3n) is 3.56. The molecule has 4 heteroatoms. The van der Waals surface area contributed by atoms with Gasteiger partial charge in [-0.2, -0.15) is 5.10 Å². The molecule has 0 radical (unpaired) electrons. The molecule has 0 saturated heterocycles. The molecular weight excluding hydrogens is 294 g/mol. The van der Waals surface area contributed by atoms with Crippen LogP contribution in [-0.2, 0) is 6.54 Å². The molecule has 1 atom stereocenters. The van der Waals surface area contributed by atoms with E-state index in [2.05, 4.69) is 47.7 Å². The summed E-state index contributed by atoms with van der Waals surface area (Å²) in [5, 5.41) is 8.52. The third-order valence-corrected chi connectivity index (χ3v) is 3.80. The highest BCUT2D eigenvalue weighted by molar-refractivity contribution is 6.30. The number of hydrogen-bond acceptors (Lipinski definition) is 2. The Bertz CT molecular complexity index is 738. The molecule has 0 aliphatic rings. The molecule has 0 saturated carbocycles. The van der Waals surface area contributed by atoms with Crippen molar-refractivity contribution in [3.05, 3.63) is 83.1 Å². The molecule has 1 aromatic heterocycles. The Morgan fingerprint density at radius 3 is 2.77 bits per heavy atom. The van der Waals surface area contributed by atoms with Gasteiger partial charge >= 0.3 is 0 Å². The van der Waals surface area contributed by atoms with Crippen molar-refractivity contribution in [3.63, 3.8) is 0 Å². The van der Waals surface area contributed by atoms with E-state index in [1.807, 2.05) is 35.1 Å². The predicted octanol–water partition coefficient (Wildman–Crippen LogP) is 4.76. The molecule has 2 aromatic carbocycles. The lowest BCUT2D eigenvalue weighted by atomic mass is 10.1. The Balaban J connectivity index is 1.72. The van der Waals surface area contributed by atoms with E-state index in [0.717, 1.165) is 17.3 Å². The number of anilines is 1. The Morgan fingerprint density at radius 2 is 2.00 bits per heavy atom. The minimum absolute atomic E-state index is 0.193. The smallest absolute Gasteiger partial charge is 0.0660 e. The van der Waals surface area contributed by atoms with E-state index in [1.165, 1.54) is 11.1 Å². The summed E-state index contributed by atoms with van der Waals surface area (Å²) < 4.78 is 1.92. The molecule has 0 fully saturated rings. The van der Waals surface area contributed by atoms with Crippen molar-refractivity contribution >= 4 is 17.3 Å². The number of halogens is 1. The molecule has 0 bridgehead atoms. The number of benzene rings is 2. The fraction of sp³-hybridized carbons (Fsp3) is 0.167. The van der Waals surface area contributed by atoms with E-state index >= 15 is 0 Å². The lowest BCUT2D eigenvalue weighted by molar-refractivity contribution is 0.687. The zero-order chi connectivity index (χ0) is 15.4. The summed E-state index contributed by atoms with van der Waals surface area (Å²) in [6.07, 6.45) is 3.76. The molecule has 0 amide bonds. The van der Waals surface area contributed by atoms with Gasteiger partial charge < -0.3 is 5.32 Å². The van der Waals surface area contributed by atoms with Gasteiger partial charge in [-0.1, -0.05) is 35.9 Å². The van der Waals surface area contributed by atoms with E-state index in [1.54, 1.807) is 6.20 Å². The predicted molar refractivity (Wildman–Crippen MR) is 91.3 cm³/mol. The van der Waals surface area contributed by atoms with Crippen molar-refractivity contribution in [1.29, 1.82) is 0 Å². The van der Waals surface area contributed by atoms with Crippen molar-refractivity contribution in [1.82, 2.24) is 9.78 Å². The van der Waals surface area contributed by atoms with Crippen LogP contribution >= 0.6 is 11.6 Å². The van der Waals surface area contributed by atoms with Gasteiger partial charge in [-0.25, -0.2) is 0 Å². The van der Waals surface area contributed by atoms with Crippen molar-refractivity contribution in [2.75, 3.05) is 5.32 Å². The van der Waals surface area contributed by atoms with Crippen LogP contribution in [-0.4, -0.2) is 9.78 Å². The maximum Gasteiger partial charge on any atom is 0.0660 e. The first kappa shape index (κ1) is 14.7. The topological polar surface area (TPSA) is 29.9 Å². The van der Waals surface area contributed by atoms with E-state index < -0.39 is 0 Å². The molecule has 3 aromatic rings. The molecule has 0 aliphatic carbocycles. The number of aromatic nitrogens is 2. The van der Waals surface area contributed by atoms with Crippen LogP contribution in [0.15, 0.2) is 67.0 Å². The lowest BCUT2D eigenvalue weighted by Crippen LogP contribution is -2.07. The number of rotatable bonds is 5. The SMILES string of the molecule is CC(Nc1cccc(Cn2cccn2)c1)c1cccc(Cl)c1. The van der Waals surface area contributed by atoms with Crippen LogP contribution in [0.25, 0.3) is 0 Å². The quantitative estimate of drug-likeness (QED) is 0.736. The Kier molecular flexibility index (Phi) is 4.45. The minimum Gasteiger partial charge on any atom is -0.379 e. The van der Waals surface area contributed by atoms with Crippen LogP contribution in [0.2, 0.25) is 5.02 Å². The zero-order valence-electron chi connectivity index (χ0n) is 12.4. The van der Waals surface area contributed by atoms with E-state index in [9.17, 15) is 0 Å². The molecule has 112 valence electrons. The van der Waals surface area contributed by atoms with Gasteiger partial charge in [0.2, 0.25) is 0 Å². The van der Waals surface area contributed by atoms with Crippen LogP contribution in [0.1, 0.15) is 24.1 Å². The summed E-state index contributed by atoms with van der Waals surface area (Å²) >= 11 is 6.06. The van der Waals surface area contributed by atoms with Crippen LogP contribution in [0.3, 0.4) is 0 Å². The van der Waals surface area contributed by atoms with Crippen LogP contribution < -0.4 is 5.32 Å². The van der Waals surface area contributed by atoms with Gasteiger partial charge in [-0.05, 0) is 48.4 Å². The summed E-state index contributed by atoms with van der Waals surface area (Å²) in [4.78, 5) is 0. The second-order valence-electron chi connectivity index (χ2n) is 5.33. The van der Waals surface area contributed by atoms with E-state index in [-0.39, 0.29) is 6.04 Å². The Morgan fingerprint density at radius 1 is 1.14 bits per heavy atom. The van der Waals surface area contributed by atoms with Gasteiger partial charge in [0.25, 0.3) is 0 Å². The number of nitrogens with one attached hydrogen (secondary N) is 1. The van der Waals surface area contributed by atoms with Crippen LogP contribution in [0.5, 0.6) is 0 Å². The van der Waals surface area contributed by atoms with E-state index in [4.69, 9.17) is 11.6 Å². The fourth-order valence-electron chi connectivity index (χ4n) is 2.45. The average Bonchev–Trinajstić information content (AvgIpc) is 3.00. The van der Waals surface area contributed by atoms with Crippen LogP contribution in [0.4, 0.5) is 5.69 Å². The molecule has 1 N–H and O–H groups in total.